The molecule has 0 spiro atoms. The maximum Gasteiger partial charge on any atom is 0.0198 e. The molecule has 2 unspecified atom stereocenters. The summed E-state index contributed by atoms with van der Waals surface area (Å²) in [5.41, 5.74) is 4.48. The van der Waals surface area contributed by atoms with Gasteiger partial charge in [-0.1, -0.05) is 75.8 Å². The van der Waals surface area contributed by atoms with Crippen molar-refractivity contribution in [2.75, 3.05) is 13.1 Å². The minimum Gasteiger partial charge on any atom is -0.377 e. The number of allylic oxidation sites excluding steroid dienone is 1. The maximum atomic E-state index is 2.55. The van der Waals surface area contributed by atoms with Crippen molar-refractivity contribution in [2.45, 2.75) is 72.1 Å². The first kappa shape index (κ1) is 18.5. The highest BCUT2D eigenvalue weighted by molar-refractivity contribution is 5.26. The van der Waals surface area contributed by atoms with Crippen LogP contribution in [0, 0.1) is 17.8 Å². The van der Waals surface area contributed by atoms with Crippen molar-refractivity contribution in [2.24, 2.45) is 17.8 Å². The number of benzene rings is 1. The van der Waals surface area contributed by atoms with E-state index in [-0.39, 0.29) is 0 Å². The van der Waals surface area contributed by atoms with Gasteiger partial charge in [0.1, 0.15) is 0 Å². The summed E-state index contributed by atoms with van der Waals surface area (Å²) in [6, 6.07) is 9.47. The molecule has 1 nitrogen and oxygen atoms in total. The summed E-state index contributed by atoms with van der Waals surface area (Å²) >= 11 is 0. The van der Waals surface area contributed by atoms with Gasteiger partial charge in [0.2, 0.25) is 0 Å². The SMILES string of the molecule is CC(=CN1CC(C)CC(C)C1)Cc1ccc(CC2CCCCC2)cc1. The monoisotopic (exact) mass is 339 g/mol. The molecule has 138 valence electrons. The number of likely N-dealkylation sites (tertiary alicyclic amines) is 1. The van der Waals surface area contributed by atoms with Crippen molar-refractivity contribution in [3.05, 3.63) is 47.2 Å². The fraction of sp³-hybridized carbons (Fsp3) is 0.667. The minimum absolute atomic E-state index is 0.826. The van der Waals surface area contributed by atoms with Gasteiger partial charge in [-0.25, -0.2) is 0 Å². The largest absolute Gasteiger partial charge is 0.377 e. The van der Waals surface area contributed by atoms with Gasteiger partial charge < -0.3 is 4.90 Å². The van der Waals surface area contributed by atoms with Gasteiger partial charge >= 0.3 is 0 Å². The molecule has 0 radical (unpaired) electrons. The maximum absolute atomic E-state index is 2.55. The van der Waals surface area contributed by atoms with Crippen LogP contribution < -0.4 is 0 Å². The second-order valence-corrected chi connectivity index (χ2v) is 9.08. The molecule has 0 N–H and O–H groups in total. The molecule has 2 aliphatic rings. The lowest BCUT2D eigenvalue weighted by Gasteiger charge is -2.34. The highest BCUT2D eigenvalue weighted by atomic mass is 15.1. The fourth-order valence-electron chi connectivity index (χ4n) is 5.01. The molecule has 1 aliphatic carbocycles. The quantitative estimate of drug-likeness (QED) is 0.614. The number of hydrogen-bond donors (Lipinski definition) is 0. The summed E-state index contributed by atoms with van der Waals surface area (Å²) in [6.07, 6.45) is 13.4. The van der Waals surface area contributed by atoms with Crippen LogP contribution in [0.25, 0.3) is 0 Å². The molecule has 1 aliphatic heterocycles. The van der Waals surface area contributed by atoms with E-state index in [4.69, 9.17) is 0 Å². The minimum atomic E-state index is 0.826. The van der Waals surface area contributed by atoms with Gasteiger partial charge in [-0.2, -0.15) is 0 Å². The first-order chi connectivity index (χ1) is 12.1. The third-order valence-corrected chi connectivity index (χ3v) is 6.06. The van der Waals surface area contributed by atoms with Crippen LogP contribution in [0.3, 0.4) is 0 Å². The van der Waals surface area contributed by atoms with Gasteiger partial charge in [-0.3, -0.25) is 0 Å². The van der Waals surface area contributed by atoms with Crippen molar-refractivity contribution >= 4 is 0 Å². The van der Waals surface area contributed by atoms with Crippen LogP contribution in [0.5, 0.6) is 0 Å². The lowest BCUT2D eigenvalue weighted by Crippen LogP contribution is -2.35. The second kappa shape index (κ2) is 8.92. The molecule has 1 heterocycles. The molecular formula is C24H37N. The second-order valence-electron chi connectivity index (χ2n) is 9.08. The van der Waals surface area contributed by atoms with Crippen molar-refractivity contribution in [3.63, 3.8) is 0 Å². The predicted molar refractivity (Wildman–Crippen MR) is 109 cm³/mol. The molecule has 1 aromatic carbocycles. The van der Waals surface area contributed by atoms with Crippen LogP contribution in [0.1, 0.15) is 70.4 Å². The Bertz CT molecular complexity index is 540. The fourth-order valence-corrected chi connectivity index (χ4v) is 5.01. The Morgan fingerprint density at radius 3 is 2.20 bits per heavy atom. The van der Waals surface area contributed by atoms with Crippen molar-refractivity contribution in [1.29, 1.82) is 0 Å². The van der Waals surface area contributed by atoms with E-state index in [1.165, 1.54) is 74.7 Å². The highest BCUT2D eigenvalue weighted by Gasteiger charge is 2.19. The van der Waals surface area contributed by atoms with E-state index >= 15 is 0 Å². The van der Waals surface area contributed by atoms with Crippen LogP contribution in [-0.2, 0) is 12.8 Å². The van der Waals surface area contributed by atoms with E-state index in [0.717, 1.165) is 24.2 Å². The first-order valence-electron chi connectivity index (χ1n) is 10.6. The standard InChI is InChI=1S/C24H37N/c1-19-13-20(2)17-25(16-19)18-21(3)14-23-9-11-24(12-10-23)15-22-7-5-4-6-8-22/h9-12,18-20,22H,4-8,13-17H2,1-3H3. The molecule has 1 saturated carbocycles. The Labute approximate surface area is 155 Å². The summed E-state index contributed by atoms with van der Waals surface area (Å²) in [5.74, 6) is 2.59. The Hall–Kier alpha value is -1.24. The molecule has 1 heteroatoms. The Balaban J connectivity index is 1.52. The summed E-state index contributed by atoms with van der Waals surface area (Å²) in [4.78, 5) is 2.55. The lowest BCUT2D eigenvalue weighted by molar-refractivity contribution is 0.191. The van der Waals surface area contributed by atoms with Gasteiger partial charge in [0.25, 0.3) is 0 Å². The molecule has 1 saturated heterocycles. The van der Waals surface area contributed by atoms with Gasteiger partial charge in [-0.05, 0) is 61.3 Å². The normalized spacial score (nSPS) is 26.0. The molecule has 25 heavy (non-hydrogen) atoms. The number of piperidine rings is 1. The van der Waals surface area contributed by atoms with Gasteiger partial charge in [0.05, 0.1) is 0 Å². The summed E-state index contributed by atoms with van der Waals surface area (Å²) in [7, 11) is 0. The van der Waals surface area contributed by atoms with E-state index in [9.17, 15) is 0 Å². The van der Waals surface area contributed by atoms with Crippen LogP contribution in [-0.4, -0.2) is 18.0 Å². The smallest absolute Gasteiger partial charge is 0.0198 e. The lowest BCUT2D eigenvalue weighted by atomic mass is 9.85. The number of rotatable bonds is 5. The van der Waals surface area contributed by atoms with Crippen molar-refractivity contribution < 1.29 is 0 Å². The third-order valence-electron chi connectivity index (χ3n) is 6.06. The summed E-state index contributed by atoms with van der Waals surface area (Å²) in [6.45, 7) is 9.51. The molecule has 0 aromatic heterocycles. The molecule has 2 atom stereocenters. The average molecular weight is 340 g/mol. The predicted octanol–water partition coefficient (Wildman–Crippen LogP) is 6.23. The zero-order chi connectivity index (χ0) is 17.6. The van der Waals surface area contributed by atoms with Crippen LogP contribution in [0.15, 0.2) is 36.0 Å². The third kappa shape index (κ3) is 5.90. The molecule has 2 fully saturated rings. The summed E-state index contributed by atoms with van der Waals surface area (Å²) in [5, 5.41) is 0. The van der Waals surface area contributed by atoms with Crippen molar-refractivity contribution in [3.8, 4) is 0 Å². The van der Waals surface area contributed by atoms with Crippen LogP contribution >= 0.6 is 0 Å². The summed E-state index contributed by atoms with van der Waals surface area (Å²) < 4.78 is 0. The van der Waals surface area contributed by atoms with E-state index in [2.05, 4.69) is 56.1 Å². The van der Waals surface area contributed by atoms with Gasteiger partial charge in [0.15, 0.2) is 0 Å². The van der Waals surface area contributed by atoms with E-state index < -0.39 is 0 Å². The van der Waals surface area contributed by atoms with E-state index in [1.54, 1.807) is 0 Å². The molecule has 1 aromatic rings. The van der Waals surface area contributed by atoms with E-state index in [0.29, 0.717) is 0 Å². The molecule has 0 amide bonds. The van der Waals surface area contributed by atoms with Gasteiger partial charge in [0, 0.05) is 13.1 Å². The molecular weight excluding hydrogens is 302 g/mol. The molecule has 3 rings (SSSR count). The topological polar surface area (TPSA) is 3.24 Å². The molecule has 0 bridgehead atoms. The van der Waals surface area contributed by atoms with Crippen LogP contribution in [0.2, 0.25) is 0 Å². The average Bonchev–Trinajstić information content (AvgIpc) is 2.56. The van der Waals surface area contributed by atoms with E-state index in [1.807, 2.05) is 0 Å². The zero-order valence-electron chi connectivity index (χ0n) is 16.6. The van der Waals surface area contributed by atoms with Crippen LogP contribution in [0.4, 0.5) is 0 Å². The highest BCUT2D eigenvalue weighted by Crippen LogP contribution is 2.27. The first-order valence-corrected chi connectivity index (χ1v) is 10.6. The Morgan fingerprint density at radius 2 is 1.56 bits per heavy atom. The van der Waals surface area contributed by atoms with Crippen molar-refractivity contribution in [1.82, 2.24) is 4.90 Å². The zero-order valence-corrected chi connectivity index (χ0v) is 16.6. The Kier molecular flexibility index (Phi) is 6.62. The van der Waals surface area contributed by atoms with Gasteiger partial charge in [-0.15, -0.1) is 0 Å². The Morgan fingerprint density at radius 1 is 0.960 bits per heavy atom. The number of nitrogens with zero attached hydrogens (tertiary/aromatic N) is 1. The number of hydrogen-bond acceptors (Lipinski definition) is 1.